The molecule has 2 rings (SSSR count). The summed E-state index contributed by atoms with van der Waals surface area (Å²) in [5.41, 5.74) is 0. The summed E-state index contributed by atoms with van der Waals surface area (Å²) >= 11 is 3.04. The third kappa shape index (κ3) is 5.70. The molecule has 0 bridgehead atoms. The quantitative estimate of drug-likeness (QED) is 0.303. The van der Waals surface area contributed by atoms with Gasteiger partial charge in [0, 0.05) is 9.79 Å². The first kappa shape index (κ1) is 18.6. The Labute approximate surface area is 146 Å². The van der Waals surface area contributed by atoms with Crippen molar-refractivity contribution in [3.05, 3.63) is 60.7 Å². The van der Waals surface area contributed by atoms with E-state index in [-0.39, 0.29) is 4.32 Å². The van der Waals surface area contributed by atoms with Crippen LogP contribution in [0.3, 0.4) is 0 Å². The van der Waals surface area contributed by atoms with Crippen molar-refractivity contribution in [1.82, 2.24) is 0 Å². The molecule has 0 N–H and O–H groups in total. The van der Waals surface area contributed by atoms with Crippen LogP contribution < -0.4 is 0 Å². The van der Waals surface area contributed by atoms with Gasteiger partial charge in [-0.25, -0.2) is 0 Å². The van der Waals surface area contributed by atoms with E-state index in [0.29, 0.717) is 13.2 Å². The lowest BCUT2D eigenvalue weighted by Crippen LogP contribution is -2.07. The maximum atomic E-state index is 13.2. The van der Waals surface area contributed by atoms with Crippen LogP contribution in [0.4, 0.5) is 0 Å². The summed E-state index contributed by atoms with van der Waals surface area (Å²) in [7, 11) is -3.23. The minimum atomic E-state index is -3.23. The molecule has 0 saturated heterocycles. The Morgan fingerprint density at radius 3 is 1.57 bits per heavy atom. The van der Waals surface area contributed by atoms with Crippen molar-refractivity contribution in [3.63, 3.8) is 0 Å². The fourth-order valence-corrected chi connectivity index (χ4v) is 7.39. The summed E-state index contributed by atoms with van der Waals surface area (Å²) in [5, 5.41) is 0. The van der Waals surface area contributed by atoms with Gasteiger partial charge in [0.05, 0.1) is 13.2 Å². The van der Waals surface area contributed by atoms with Gasteiger partial charge in [-0.3, -0.25) is 4.57 Å². The summed E-state index contributed by atoms with van der Waals surface area (Å²) in [4.78, 5) is 2.08. The van der Waals surface area contributed by atoms with Gasteiger partial charge in [-0.15, -0.1) is 0 Å². The van der Waals surface area contributed by atoms with Gasteiger partial charge < -0.3 is 9.05 Å². The average molecular weight is 368 g/mol. The van der Waals surface area contributed by atoms with Crippen LogP contribution in [0.1, 0.15) is 13.8 Å². The Morgan fingerprint density at radius 1 is 0.826 bits per heavy atom. The molecule has 0 atom stereocenters. The normalized spacial score (nSPS) is 11.8. The van der Waals surface area contributed by atoms with Gasteiger partial charge in [-0.05, 0) is 38.1 Å². The van der Waals surface area contributed by atoms with Gasteiger partial charge in [0.25, 0.3) is 0 Å². The van der Waals surface area contributed by atoms with Crippen molar-refractivity contribution >= 4 is 31.1 Å². The summed E-state index contributed by atoms with van der Waals surface area (Å²) in [6.07, 6.45) is 0. The molecule has 0 saturated carbocycles. The molecule has 124 valence electrons. The van der Waals surface area contributed by atoms with Crippen LogP contribution >= 0.6 is 31.1 Å². The second-order valence-electron chi connectivity index (χ2n) is 4.54. The van der Waals surface area contributed by atoms with Crippen molar-refractivity contribution in [2.75, 3.05) is 13.2 Å². The van der Waals surface area contributed by atoms with Crippen LogP contribution in [0.25, 0.3) is 0 Å². The smallest absolute Gasteiger partial charge is 0.307 e. The maximum absolute atomic E-state index is 13.2. The molecule has 0 radical (unpaired) electrons. The summed E-state index contributed by atoms with van der Waals surface area (Å²) in [5.74, 6) is 0. The minimum absolute atomic E-state index is 0.354. The Kier molecular flexibility index (Phi) is 7.74. The molecular formula is C17H21O3PS2. The Bertz CT molecular complexity index is 571. The largest absolute Gasteiger partial charge is 0.354 e. The summed E-state index contributed by atoms with van der Waals surface area (Å²) in [6, 6.07) is 19.8. The van der Waals surface area contributed by atoms with Gasteiger partial charge in [-0.1, -0.05) is 59.9 Å². The average Bonchev–Trinajstić information content (AvgIpc) is 2.57. The Hall–Kier alpha value is -0.710. The lowest BCUT2D eigenvalue weighted by atomic mass is 10.4. The molecule has 6 heteroatoms. The van der Waals surface area contributed by atoms with Crippen LogP contribution in [-0.2, 0) is 13.6 Å². The Morgan fingerprint density at radius 2 is 1.22 bits per heavy atom. The van der Waals surface area contributed by atoms with Crippen molar-refractivity contribution in [2.45, 2.75) is 28.0 Å². The molecule has 0 fully saturated rings. The van der Waals surface area contributed by atoms with Crippen molar-refractivity contribution in [1.29, 1.82) is 0 Å². The van der Waals surface area contributed by atoms with E-state index >= 15 is 0 Å². The first-order valence-corrected chi connectivity index (χ1v) is 10.9. The molecule has 0 aliphatic rings. The van der Waals surface area contributed by atoms with Gasteiger partial charge in [0.1, 0.15) is 0 Å². The van der Waals surface area contributed by atoms with Gasteiger partial charge in [-0.2, -0.15) is 0 Å². The molecule has 0 heterocycles. The summed E-state index contributed by atoms with van der Waals surface area (Å²) < 4.78 is 24.0. The van der Waals surface area contributed by atoms with E-state index in [4.69, 9.17) is 9.05 Å². The molecule has 23 heavy (non-hydrogen) atoms. The molecule has 0 spiro atoms. The molecule has 3 nitrogen and oxygen atoms in total. The van der Waals surface area contributed by atoms with E-state index in [9.17, 15) is 4.57 Å². The third-order valence-electron chi connectivity index (χ3n) is 2.84. The SMILES string of the molecule is CCOP(=O)(OCC)C(Sc1ccccc1)Sc1ccccc1. The maximum Gasteiger partial charge on any atom is 0.354 e. The zero-order chi connectivity index (χ0) is 16.5. The van der Waals surface area contributed by atoms with Crippen LogP contribution in [-0.4, -0.2) is 17.5 Å². The fraction of sp³-hybridized carbons (Fsp3) is 0.294. The second-order valence-corrected chi connectivity index (χ2v) is 10.0. The highest BCUT2D eigenvalue weighted by atomic mass is 32.2. The number of hydrogen-bond acceptors (Lipinski definition) is 5. The predicted molar refractivity (Wildman–Crippen MR) is 99.2 cm³/mol. The van der Waals surface area contributed by atoms with E-state index in [1.165, 1.54) is 23.5 Å². The highest BCUT2D eigenvalue weighted by Crippen LogP contribution is 2.63. The van der Waals surface area contributed by atoms with Crippen molar-refractivity contribution < 1.29 is 13.6 Å². The lowest BCUT2D eigenvalue weighted by Gasteiger charge is -2.25. The van der Waals surface area contributed by atoms with E-state index in [2.05, 4.69) is 0 Å². The standard InChI is InChI=1S/C17H21O3PS2/c1-3-19-21(18,20-4-2)17(22-15-11-7-5-8-12-15)23-16-13-9-6-10-14-16/h5-14,17H,3-4H2,1-2H3. The van der Waals surface area contributed by atoms with Crippen molar-refractivity contribution in [3.8, 4) is 0 Å². The fourth-order valence-electron chi connectivity index (χ4n) is 1.90. The lowest BCUT2D eigenvalue weighted by molar-refractivity contribution is 0.222. The van der Waals surface area contributed by atoms with E-state index < -0.39 is 7.60 Å². The molecule has 0 aromatic heterocycles. The van der Waals surface area contributed by atoms with Gasteiger partial charge in [0.2, 0.25) is 0 Å². The number of rotatable bonds is 9. The van der Waals surface area contributed by atoms with Crippen LogP contribution in [0.2, 0.25) is 0 Å². The topological polar surface area (TPSA) is 35.5 Å². The molecule has 2 aromatic rings. The zero-order valence-electron chi connectivity index (χ0n) is 13.3. The third-order valence-corrected chi connectivity index (χ3v) is 8.84. The van der Waals surface area contributed by atoms with E-state index in [1.54, 1.807) is 0 Å². The zero-order valence-corrected chi connectivity index (χ0v) is 15.8. The monoisotopic (exact) mass is 368 g/mol. The van der Waals surface area contributed by atoms with Crippen LogP contribution in [0, 0.1) is 0 Å². The van der Waals surface area contributed by atoms with E-state index in [0.717, 1.165) is 9.79 Å². The molecular weight excluding hydrogens is 347 g/mol. The predicted octanol–water partition coefficient (Wildman–Crippen LogP) is 6.12. The number of benzene rings is 2. The van der Waals surface area contributed by atoms with Gasteiger partial charge in [0.15, 0.2) is 4.32 Å². The van der Waals surface area contributed by atoms with Crippen molar-refractivity contribution in [2.24, 2.45) is 0 Å². The van der Waals surface area contributed by atoms with Gasteiger partial charge >= 0.3 is 7.60 Å². The minimum Gasteiger partial charge on any atom is -0.307 e. The molecule has 0 aliphatic carbocycles. The number of hydrogen-bond donors (Lipinski definition) is 0. The second kappa shape index (κ2) is 9.55. The van der Waals surface area contributed by atoms with Crippen LogP contribution in [0.15, 0.2) is 70.5 Å². The van der Waals surface area contributed by atoms with E-state index in [1.807, 2.05) is 74.5 Å². The molecule has 0 unspecified atom stereocenters. The first-order chi connectivity index (χ1) is 11.2. The Balaban J connectivity index is 2.27. The highest BCUT2D eigenvalue weighted by molar-refractivity contribution is 8.23. The van der Waals surface area contributed by atoms with Crippen LogP contribution in [0.5, 0.6) is 0 Å². The highest BCUT2D eigenvalue weighted by Gasteiger charge is 2.37. The molecule has 0 amide bonds. The number of thioether (sulfide) groups is 2. The first-order valence-electron chi connectivity index (χ1n) is 7.50. The summed E-state index contributed by atoms with van der Waals surface area (Å²) in [6.45, 7) is 4.39. The molecule has 2 aromatic carbocycles. The molecule has 0 aliphatic heterocycles.